The van der Waals surface area contributed by atoms with Crippen LogP contribution in [0.1, 0.15) is 46.3 Å². The fourth-order valence-electron chi connectivity index (χ4n) is 4.23. The van der Waals surface area contributed by atoms with E-state index in [2.05, 4.69) is 37.3 Å². The average Bonchev–Trinajstić information content (AvgIpc) is 2.75. The third-order valence-corrected chi connectivity index (χ3v) is 5.57. The van der Waals surface area contributed by atoms with E-state index in [9.17, 15) is 4.79 Å². The smallest absolute Gasteiger partial charge is 0.249 e. The van der Waals surface area contributed by atoms with Crippen molar-refractivity contribution in [1.82, 2.24) is 4.98 Å². The van der Waals surface area contributed by atoms with Crippen LogP contribution < -0.4 is 5.73 Å². The summed E-state index contributed by atoms with van der Waals surface area (Å²) >= 11 is 0. The Morgan fingerprint density at radius 3 is 2.21 bits per heavy atom. The molecule has 2 N–H and O–H groups in total. The van der Waals surface area contributed by atoms with Crippen LogP contribution in [0.5, 0.6) is 0 Å². The second kappa shape index (κ2) is 7.88. The average molecular weight is 380 g/mol. The topological polar surface area (TPSA) is 56.0 Å². The minimum atomic E-state index is -0.414. The molecule has 1 heterocycles. The van der Waals surface area contributed by atoms with Gasteiger partial charge in [-0.3, -0.25) is 4.79 Å². The maximum absolute atomic E-state index is 12.6. The second-order valence-electron chi connectivity index (χ2n) is 7.30. The Morgan fingerprint density at radius 1 is 0.931 bits per heavy atom. The number of benzene rings is 3. The minimum Gasteiger partial charge on any atom is -0.366 e. The molecule has 1 aromatic heterocycles. The molecule has 3 aromatic carbocycles. The molecule has 1 unspecified atom stereocenters. The van der Waals surface area contributed by atoms with Gasteiger partial charge in [-0.15, -0.1) is 0 Å². The van der Waals surface area contributed by atoms with Gasteiger partial charge in [0, 0.05) is 16.9 Å². The van der Waals surface area contributed by atoms with Gasteiger partial charge >= 0.3 is 0 Å². The van der Waals surface area contributed by atoms with Gasteiger partial charge < -0.3 is 5.73 Å². The normalized spacial score (nSPS) is 12.1. The Kier molecular flexibility index (Phi) is 5.13. The summed E-state index contributed by atoms with van der Waals surface area (Å²) in [7, 11) is 0. The molecule has 144 valence electrons. The summed E-state index contributed by atoms with van der Waals surface area (Å²) in [5.74, 6) is -0.246. The fraction of sp³-hybridized carbons (Fsp3) is 0.154. The largest absolute Gasteiger partial charge is 0.366 e. The molecule has 1 atom stereocenters. The lowest BCUT2D eigenvalue weighted by atomic mass is 9.84. The van der Waals surface area contributed by atoms with Gasteiger partial charge in [-0.05, 0) is 36.1 Å². The molecule has 0 bridgehead atoms. The first kappa shape index (κ1) is 18.9. The number of amides is 1. The highest BCUT2D eigenvalue weighted by molar-refractivity contribution is 6.09. The van der Waals surface area contributed by atoms with Crippen LogP contribution in [0, 0.1) is 6.92 Å². The maximum atomic E-state index is 12.6. The van der Waals surface area contributed by atoms with E-state index >= 15 is 0 Å². The number of primary amides is 1. The van der Waals surface area contributed by atoms with Crippen LogP contribution in [0.2, 0.25) is 0 Å². The van der Waals surface area contributed by atoms with E-state index in [4.69, 9.17) is 10.7 Å². The van der Waals surface area contributed by atoms with Crippen LogP contribution in [0.4, 0.5) is 0 Å². The maximum Gasteiger partial charge on any atom is 0.249 e. The van der Waals surface area contributed by atoms with Gasteiger partial charge in [0.1, 0.15) is 0 Å². The summed E-state index contributed by atoms with van der Waals surface area (Å²) in [6, 6.07) is 26.4. The highest BCUT2D eigenvalue weighted by atomic mass is 16.1. The summed E-state index contributed by atoms with van der Waals surface area (Å²) in [6.07, 6.45) is 0.917. The van der Waals surface area contributed by atoms with E-state index in [0.29, 0.717) is 5.56 Å². The van der Waals surface area contributed by atoms with E-state index < -0.39 is 5.91 Å². The molecule has 0 fully saturated rings. The first-order valence-corrected chi connectivity index (χ1v) is 9.95. The van der Waals surface area contributed by atoms with Crippen molar-refractivity contribution in [1.29, 1.82) is 0 Å². The van der Waals surface area contributed by atoms with Crippen molar-refractivity contribution < 1.29 is 4.79 Å². The molecule has 0 aliphatic carbocycles. The molecular formula is C26H24N2O. The Labute approximate surface area is 171 Å². The van der Waals surface area contributed by atoms with E-state index in [0.717, 1.165) is 39.7 Å². The van der Waals surface area contributed by atoms with Crippen molar-refractivity contribution >= 4 is 16.8 Å². The molecular weight excluding hydrogens is 356 g/mol. The third-order valence-electron chi connectivity index (χ3n) is 5.57. The van der Waals surface area contributed by atoms with Gasteiger partial charge in [0.15, 0.2) is 0 Å². The lowest BCUT2D eigenvalue weighted by Gasteiger charge is -2.21. The molecule has 0 saturated heterocycles. The van der Waals surface area contributed by atoms with Crippen molar-refractivity contribution in [2.45, 2.75) is 26.2 Å². The van der Waals surface area contributed by atoms with Gasteiger partial charge in [0.25, 0.3) is 0 Å². The van der Waals surface area contributed by atoms with Crippen LogP contribution in [-0.2, 0) is 0 Å². The van der Waals surface area contributed by atoms with Crippen molar-refractivity contribution in [3.8, 4) is 11.3 Å². The summed E-state index contributed by atoms with van der Waals surface area (Å²) in [5, 5.41) is 0.868. The predicted molar refractivity (Wildman–Crippen MR) is 119 cm³/mol. The number of pyridine rings is 1. The highest BCUT2D eigenvalue weighted by Crippen LogP contribution is 2.37. The zero-order chi connectivity index (χ0) is 20.4. The number of nitrogens with two attached hydrogens (primary N) is 1. The highest BCUT2D eigenvalue weighted by Gasteiger charge is 2.23. The Hall–Kier alpha value is -3.46. The van der Waals surface area contributed by atoms with Crippen LogP contribution in [0.25, 0.3) is 22.2 Å². The molecule has 0 aliphatic rings. The quantitative estimate of drug-likeness (QED) is 0.472. The van der Waals surface area contributed by atoms with Crippen molar-refractivity contribution in [3.63, 3.8) is 0 Å². The molecule has 0 saturated carbocycles. The second-order valence-corrected chi connectivity index (χ2v) is 7.30. The molecule has 1 amide bonds. The Morgan fingerprint density at radius 2 is 1.59 bits per heavy atom. The Bertz CT molecular complexity index is 1170. The zero-order valence-corrected chi connectivity index (χ0v) is 16.7. The van der Waals surface area contributed by atoms with Crippen LogP contribution in [-0.4, -0.2) is 10.9 Å². The van der Waals surface area contributed by atoms with E-state index in [1.165, 1.54) is 5.56 Å². The number of carbonyl (C=O) groups is 1. The molecule has 29 heavy (non-hydrogen) atoms. The molecule has 4 aromatic rings. The van der Waals surface area contributed by atoms with E-state index in [1.54, 1.807) is 0 Å². The van der Waals surface area contributed by atoms with Crippen molar-refractivity contribution in [2.75, 3.05) is 0 Å². The predicted octanol–water partition coefficient (Wildman–Crippen LogP) is 5.85. The number of nitrogens with zero attached hydrogens (tertiary/aromatic N) is 1. The SMILES string of the molecule is CCC(c1ccccc1)c1cccc2nc(-c3ccccc3)c(C)c(C(N)=O)c12. The van der Waals surface area contributed by atoms with Crippen molar-refractivity contribution in [3.05, 3.63) is 101 Å². The number of carbonyl (C=O) groups excluding carboxylic acids is 1. The van der Waals surface area contributed by atoms with Crippen LogP contribution in [0.15, 0.2) is 78.9 Å². The molecule has 4 rings (SSSR count). The van der Waals surface area contributed by atoms with Gasteiger partial charge in [-0.2, -0.15) is 0 Å². The number of aromatic nitrogens is 1. The molecule has 3 nitrogen and oxygen atoms in total. The van der Waals surface area contributed by atoms with Crippen molar-refractivity contribution in [2.24, 2.45) is 5.73 Å². The molecule has 0 aliphatic heterocycles. The van der Waals surface area contributed by atoms with Crippen LogP contribution >= 0.6 is 0 Å². The Balaban J connectivity index is 2.04. The van der Waals surface area contributed by atoms with E-state index in [-0.39, 0.29) is 5.92 Å². The summed E-state index contributed by atoms with van der Waals surface area (Å²) in [6.45, 7) is 4.11. The van der Waals surface area contributed by atoms with Gasteiger partial charge in [-0.1, -0.05) is 79.7 Å². The summed E-state index contributed by atoms with van der Waals surface area (Å²) in [4.78, 5) is 17.6. The number of hydrogen-bond acceptors (Lipinski definition) is 2. The molecule has 0 spiro atoms. The van der Waals surface area contributed by atoms with E-state index in [1.807, 2.05) is 55.5 Å². The summed E-state index contributed by atoms with van der Waals surface area (Å²) < 4.78 is 0. The zero-order valence-electron chi connectivity index (χ0n) is 16.7. The molecule has 0 radical (unpaired) electrons. The lowest BCUT2D eigenvalue weighted by molar-refractivity contribution is 0.100. The third kappa shape index (κ3) is 3.40. The number of rotatable bonds is 5. The van der Waals surface area contributed by atoms with Gasteiger partial charge in [-0.25, -0.2) is 4.98 Å². The summed E-state index contributed by atoms with van der Waals surface area (Å²) in [5.41, 5.74) is 12.2. The first-order chi connectivity index (χ1) is 14.1. The lowest BCUT2D eigenvalue weighted by Crippen LogP contribution is -2.16. The minimum absolute atomic E-state index is 0.168. The van der Waals surface area contributed by atoms with Gasteiger partial charge in [0.05, 0.1) is 16.8 Å². The molecule has 3 heteroatoms. The van der Waals surface area contributed by atoms with Gasteiger partial charge in [0.2, 0.25) is 5.91 Å². The monoisotopic (exact) mass is 380 g/mol. The number of hydrogen-bond donors (Lipinski definition) is 1. The van der Waals surface area contributed by atoms with Crippen LogP contribution in [0.3, 0.4) is 0 Å². The standard InChI is InChI=1S/C26H24N2O/c1-3-20(18-11-6-4-7-12-18)21-15-10-16-22-24(21)23(26(27)29)17(2)25(28-22)19-13-8-5-9-14-19/h4-16,20H,3H2,1-2H3,(H2,27,29). The number of fused-ring (bicyclic) bond motifs is 1. The fourth-order valence-corrected chi connectivity index (χ4v) is 4.23. The first-order valence-electron chi connectivity index (χ1n) is 9.95.